The van der Waals surface area contributed by atoms with Gasteiger partial charge < -0.3 is 33.7 Å². The Morgan fingerprint density at radius 2 is 1.24 bits per heavy atom. The lowest BCUT2D eigenvalue weighted by atomic mass is 9.85. The van der Waals surface area contributed by atoms with E-state index in [1.807, 2.05) is 66.7 Å². The largest absolute Gasteiger partial charge is 0.495 e. The molecule has 1 fully saturated rings. The first-order valence-electron chi connectivity index (χ1n) is 15.5. The Morgan fingerprint density at radius 3 is 1.78 bits per heavy atom. The smallest absolute Gasteiger partial charge is 0.137 e. The average molecular weight is 667 g/mol. The second-order valence-corrected chi connectivity index (χ2v) is 11.9. The fraction of sp³-hybridized carbons (Fsp3) is 0.351. The molecule has 0 bridgehead atoms. The zero-order valence-corrected chi connectivity index (χ0v) is 27.8. The van der Waals surface area contributed by atoms with Crippen LogP contribution in [0, 0.1) is 0 Å². The summed E-state index contributed by atoms with van der Waals surface area (Å²) in [5.74, 6) is 2.06. The third kappa shape index (κ3) is 9.61. The maximum absolute atomic E-state index is 6.54. The number of ether oxygens (including phenoxy) is 6. The number of hydrogen-bond donors (Lipinski definition) is 1. The van der Waals surface area contributed by atoms with Crippen molar-refractivity contribution in [1.82, 2.24) is 5.32 Å². The molecule has 244 valence electrons. The molecule has 1 unspecified atom stereocenters. The highest BCUT2D eigenvalue weighted by Gasteiger charge is 2.36. The molecule has 46 heavy (non-hydrogen) atoms. The van der Waals surface area contributed by atoms with Crippen molar-refractivity contribution in [2.75, 3.05) is 40.5 Å². The van der Waals surface area contributed by atoms with Crippen molar-refractivity contribution in [3.05, 3.63) is 123 Å². The first kappa shape index (κ1) is 34.0. The van der Waals surface area contributed by atoms with Crippen LogP contribution >= 0.6 is 23.2 Å². The van der Waals surface area contributed by atoms with Gasteiger partial charge in [0.25, 0.3) is 0 Å². The van der Waals surface area contributed by atoms with Crippen molar-refractivity contribution in [2.24, 2.45) is 0 Å². The van der Waals surface area contributed by atoms with E-state index < -0.39 is 0 Å². The molecule has 3 atom stereocenters. The highest BCUT2D eigenvalue weighted by molar-refractivity contribution is 6.32. The van der Waals surface area contributed by atoms with Crippen LogP contribution in [0.5, 0.6) is 17.2 Å². The molecule has 0 aliphatic carbocycles. The van der Waals surface area contributed by atoms with Crippen molar-refractivity contribution in [1.29, 1.82) is 0 Å². The van der Waals surface area contributed by atoms with E-state index in [0.717, 1.165) is 28.9 Å². The van der Waals surface area contributed by atoms with Crippen molar-refractivity contribution in [3.63, 3.8) is 0 Å². The molecule has 7 nitrogen and oxygen atoms in total. The van der Waals surface area contributed by atoms with Crippen LogP contribution in [-0.4, -0.2) is 52.7 Å². The van der Waals surface area contributed by atoms with Gasteiger partial charge in [0, 0.05) is 25.4 Å². The SMILES string of the molecule is COc1ccc(CO[C@H]2CNC[C@@H](OCc3ccc(OC)c(Cl)c3)C2c2ccc(OCCCOCc3ccccc3)cc2)cc1Cl. The van der Waals surface area contributed by atoms with Gasteiger partial charge in [-0.15, -0.1) is 0 Å². The summed E-state index contributed by atoms with van der Waals surface area (Å²) in [5, 5.41) is 4.61. The van der Waals surface area contributed by atoms with E-state index in [2.05, 4.69) is 29.6 Å². The molecule has 0 saturated carbocycles. The summed E-state index contributed by atoms with van der Waals surface area (Å²) < 4.78 is 35.5. The highest BCUT2D eigenvalue weighted by Crippen LogP contribution is 2.34. The van der Waals surface area contributed by atoms with E-state index in [-0.39, 0.29) is 18.1 Å². The highest BCUT2D eigenvalue weighted by atomic mass is 35.5. The van der Waals surface area contributed by atoms with E-state index in [9.17, 15) is 0 Å². The van der Waals surface area contributed by atoms with Gasteiger partial charge in [0.15, 0.2) is 0 Å². The van der Waals surface area contributed by atoms with Crippen LogP contribution in [0.2, 0.25) is 10.0 Å². The first-order valence-corrected chi connectivity index (χ1v) is 16.2. The number of rotatable bonds is 16. The van der Waals surface area contributed by atoms with Crippen LogP contribution < -0.4 is 19.5 Å². The predicted molar refractivity (Wildman–Crippen MR) is 181 cm³/mol. The topological polar surface area (TPSA) is 67.4 Å². The van der Waals surface area contributed by atoms with E-state index in [0.29, 0.717) is 67.7 Å². The minimum absolute atomic E-state index is 0.0240. The molecule has 9 heteroatoms. The molecular formula is C37H41Cl2NO6. The third-order valence-electron chi connectivity index (χ3n) is 7.93. The maximum Gasteiger partial charge on any atom is 0.137 e. The molecule has 1 N–H and O–H groups in total. The molecule has 1 heterocycles. The summed E-state index contributed by atoms with van der Waals surface area (Å²) in [6.07, 6.45) is 0.514. The molecule has 4 aromatic rings. The number of nitrogens with one attached hydrogen (secondary N) is 1. The minimum atomic E-state index is -0.146. The number of piperidine rings is 1. The zero-order valence-electron chi connectivity index (χ0n) is 26.3. The van der Waals surface area contributed by atoms with Gasteiger partial charge in [-0.3, -0.25) is 0 Å². The van der Waals surface area contributed by atoms with E-state index >= 15 is 0 Å². The lowest BCUT2D eigenvalue weighted by Gasteiger charge is -2.39. The molecule has 1 aliphatic heterocycles. The minimum Gasteiger partial charge on any atom is -0.495 e. The molecule has 0 aromatic heterocycles. The molecule has 1 aliphatic rings. The van der Waals surface area contributed by atoms with Gasteiger partial charge in [0.05, 0.1) is 69.5 Å². The predicted octanol–water partition coefficient (Wildman–Crippen LogP) is 7.85. The second kappa shape index (κ2) is 17.6. The number of methoxy groups -OCH3 is 2. The molecule has 4 aromatic carbocycles. The van der Waals surface area contributed by atoms with Gasteiger partial charge >= 0.3 is 0 Å². The van der Waals surface area contributed by atoms with Gasteiger partial charge in [0.2, 0.25) is 0 Å². The van der Waals surface area contributed by atoms with Gasteiger partial charge in [-0.2, -0.15) is 0 Å². The van der Waals surface area contributed by atoms with E-state index in [1.54, 1.807) is 14.2 Å². The van der Waals surface area contributed by atoms with E-state index in [4.69, 9.17) is 51.6 Å². The molecule has 0 spiro atoms. The molecule has 1 saturated heterocycles. The van der Waals surface area contributed by atoms with Crippen molar-refractivity contribution >= 4 is 23.2 Å². The van der Waals surface area contributed by atoms with Gasteiger partial charge in [-0.25, -0.2) is 0 Å². The average Bonchev–Trinajstić information content (AvgIpc) is 3.09. The Hall–Kier alpha value is -3.30. The Bertz CT molecular complexity index is 1440. The van der Waals surface area contributed by atoms with Crippen molar-refractivity contribution < 1.29 is 28.4 Å². The van der Waals surface area contributed by atoms with Crippen molar-refractivity contribution in [3.8, 4) is 17.2 Å². The summed E-state index contributed by atoms with van der Waals surface area (Å²) in [6, 6.07) is 29.8. The fourth-order valence-electron chi connectivity index (χ4n) is 5.52. The molecule has 5 rings (SSSR count). The molecule has 0 amide bonds. The normalized spacial score (nSPS) is 17.9. The third-order valence-corrected chi connectivity index (χ3v) is 8.52. The van der Waals surface area contributed by atoms with Crippen LogP contribution in [-0.2, 0) is 34.0 Å². The van der Waals surface area contributed by atoms with Crippen LogP contribution in [0.15, 0.2) is 91.0 Å². The lowest BCUT2D eigenvalue weighted by Crippen LogP contribution is -2.50. The summed E-state index contributed by atoms with van der Waals surface area (Å²) in [7, 11) is 3.21. The van der Waals surface area contributed by atoms with Crippen LogP contribution in [0.4, 0.5) is 0 Å². The van der Waals surface area contributed by atoms with Gasteiger partial charge in [0.1, 0.15) is 17.2 Å². The maximum atomic E-state index is 6.54. The Morgan fingerprint density at radius 1 is 0.652 bits per heavy atom. The monoisotopic (exact) mass is 665 g/mol. The summed E-state index contributed by atoms with van der Waals surface area (Å²) in [6.45, 7) is 4.00. The first-order chi connectivity index (χ1) is 22.5. The fourth-order valence-corrected chi connectivity index (χ4v) is 6.08. The Balaban J connectivity index is 1.22. The lowest BCUT2D eigenvalue weighted by molar-refractivity contribution is -0.0650. The van der Waals surface area contributed by atoms with Crippen LogP contribution in [0.25, 0.3) is 0 Å². The van der Waals surface area contributed by atoms with Gasteiger partial charge in [-0.05, 0) is 58.7 Å². The quantitative estimate of drug-likeness (QED) is 0.122. The van der Waals surface area contributed by atoms with Crippen molar-refractivity contribution in [2.45, 2.75) is 44.4 Å². The van der Waals surface area contributed by atoms with Crippen LogP contribution in [0.3, 0.4) is 0 Å². The Kier molecular flexibility index (Phi) is 13.0. The number of halogens is 2. The van der Waals surface area contributed by atoms with Gasteiger partial charge in [-0.1, -0.05) is 77.8 Å². The Labute approximate surface area is 281 Å². The zero-order chi connectivity index (χ0) is 32.1. The molecule has 0 radical (unpaired) electrons. The number of benzene rings is 4. The number of hydrogen-bond acceptors (Lipinski definition) is 7. The van der Waals surface area contributed by atoms with Crippen LogP contribution in [0.1, 0.15) is 34.6 Å². The van der Waals surface area contributed by atoms with E-state index in [1.165, 1.54) is 5.56 Å². The summed E-state index contributed by atoms with van der Waals surface area (Å²) >= 11 is 12.8. The summed E-state index contributed by atoms with van der Waals surface area (Å²) in [4.78, 5) is 0. The second-order valence-electron chi connectivity index (χ2n) is 11.1. The molecular weight excluding hydrogens is 625 g/mol. The summed E-state index contributed by atoms with van der Waals surface area (Å²) in [5.41, 5.74) is 4.23. The standard InChI is InChI=1S/C37H41Cl2NO6/c1-41-33-15-9-27(19-31(33)38)24-45-35-21-40-22-36(46-25-28-10-16-34(42-2)32(39)20-28)37(35)29-11-13-30(14-12-29)44-18-6-17-43-23-26-7-4-3-5-8-26/h3-5,7-16,19-20,35-37,40H,6,17-18,21-25H2,1-2H3/t35-,36+,37?.